The number of nitriles is 1. The number of anilines is 1. The van der Waals surface area contributed by atoms with Crippen molar-refractivity contribution in [3.63, 3.8) is 0 Å². The van der Waals surface area contributed by atoms with E-state index in [1.165, 1.54) is 12.1 Å². The first kappa shape index (κ1) is 13.5. The van der Waals surface area contributed by atoms with Crippen molar-refractivity contribution in [1.29, 1.82) is 5.26 Å². The number of hydrogen-bond acceptors (Lipinski definition) is 2. The maximum Gasteiger partial charge on any atom is 0.244 e. The number of amides is 1. The highest BCUT2D eigenvalue weighted by molar-refractivity contribution is 5.97. The van der Waals surface area contributed by atoms with E-state index in [2.05, 4.69) is 11.4 Å². The number of para-hydroxylation sites is 1. The lowest BCUT2D eigenvalue weighted by Gasteiger charge is -2.23. The maximum absolute atomic E-state index is 13.5. The third-order valence-electron chi connectivity index (χ3n) is 3.73. The van der Waals surface area contributed by atoms with Crippen molar-refractivity contribution >= 4 is 11.6 Å². The van der Waals surface area contributed by atoms with Gasteiger partial charge in [-0.1, -0.05) is 37.8 Å². The van der Waals surface area contributed by atoms with Crippen molar-refractivity contribution in [2.75, 3.05) is 5.32 Å². The van der Waals surface area contributed by atoms with Gasteiger partial charge in [-0.05, 0) is 25.0 Å². The smallest absolute Gasteiger partial charge is 0.244 e. The van der Waals surface area contributed by atoms with Crippen LogP contribution in [0.5, 0.6) is 0 Å². The quantitative estimate of drug-likeness (QED) is 0.825. The molecule has 1 saturated carbocycles. The zero-order chi connectivity index (χ0) is 13.7. The largest absolute Gasteiger partial charge is 0.322 e. The van der Waals surface area contributed by atoms with Crippen molar-refractivity contribution in [1.82, 2.24) is 0 Å². The molecule has 100 valence electrons. The van der Waals surface area contributed by atoms with Gasteiger partial charge in [-0.3, -0.25) is 4.79 Å². The van der Waals surface area contributed by atoms with E-state index in [9.17, 15) is 14.4 Å². The van der Waals surface area contributed by atoms with Crippen LogP contribution in [0.25, 0.3) is 0 Å². The minimum atomic E-state index is -1.00. The van der Waals surface area contributed by atoms with Gasteiger partial charge >= 0.3 is 0 Å². The highest BCUT2D eigenvalue weighted by atomic mass is 19.1. The summed E-state index contributed by atoms with van der Waals surface area (Å²) >= 11 is 0. The number of carbonyl (C=O) groups is 1. The summed E-state index contributed by atoms with van der Waals surface area (Å²) in [4.78, 5) is 12.3. The first-order valence-electron chi connectivity index (χ1n) is 6.65. The van der Waals surface area contributed by atoms with Crippen LogP contribution in [0, 0.1) is 22.6 Å². The first-order chi connectivity index (χ1) is 9.18. The molecule has 0 radical (unpaired) electrons. The van der Waals surface area contributed by atoms with E-state index in [-0.39, 0.29) is 11.6 Å². The van der Waals surface area contributed by atoms with E-state index in [0.29, 0.717) is 12.8 Å². The summed E-state index contributed by atoms with van der Waals surface area (Å²) in [5, 5.41) is 11.9. The fourth-order valence-corrected chi connectivity index (χ4v) is 2.53. The molecule has 2 rings (SSSR count). The van der Waals surface area contributed by atoms with E-state index in [1.54, 1.807) is 12.1 Å². The van der Waals surface area contributed by atoms with Gasteiger partial charge in [0.05, 0.1) is 11.8 Å². The predicted molar refractivity (Wildman–Crippen MR) is 70.8 cm³/mol. The van der Waals surface area contributed by atoms with Crippen LogP contribution in [0.3, 0.4) is 0 Å². The fraction of sp³-hybridized carbons (Fsp3) is 0.467. The van der Waals surface area contributed by atoms with E-state index in [1.807, 2.05) is 0 Å². The SMILES string of the molecule is N#CC1(C(=O)Nc2ccccc2F)CCCCCC1. The monoisotopic (exact) mass is 260 g/mol. The van der Waals surface area contributed by atoms with Gasteiger partial charge in [0.1, 0.15) is 11.2 Å². The van der Waals surface area contributed by atoms with E-state index >= 15 is 0 Å². The normalized spacial score (nSPS) is 18.1. The van der Waals surface area contributed by atoms with Crippen LogP contribution in [0.4, 0.5) is 10.1 Å². The second-order valence-corrected chi connectivity index (χ2v) is 5.04. The number of benzene rings is 1. The van der Waals surface area contributed by atoms with Gasteiger partial charge in [-0.25, -0.2) is 4.39 Å². The lowest BCUT2D eigenvalue weighted by Crippen LogP contribution is -2.34. The summed E-state index contributed by atoms with van der Waals surface area (Å²) in [5.74, 6) is -0.848. The molecule has 1 amide bonds. The standard InChI is InChI=1S/C15H17FN2O/c16-12-7-3-4-8-13(12)18-14(19)15(11-17)9-5-1-2-6-10-15/h3-4,7-8H,1-2,5-6,9-10H2,(H,18,19). The van der Waals surface area contributed by atoms with Crippen LogP contribution in [0.2, 0.25) is 0 Å². The molecule has 1 fully saturated rings. The van der Waals surface area contributed by atoms with Crippen LogP contribution >= 0.6 is 0 Å². The molecule has 0 saturated heterocycles. The van der Waals surface area contributed by atoms with Crippen LogP contribution in [0.15, 0.2) is 24.3 Å². The zero-order valence-electron chi connectivity index (χ0n) is 10.8. The van der Waals surface area contributed by atoms with Crippen LogP contribution in [-0.4, -0.2) is 5.91 Å². The Bertz CT molecular complexity index is 499. The Balaban J connectivity index is 2.17. The third kappa shape index (κ3) is 2.93. The fourth-order valence-electron chi connectivity index (χ4n) is 2.53. The lowest BCUT2D eigenvalue weighted by molar-refractivity contribution is -0.123. The number of nitrogens with zero attached hydrogens (tertiary/aromatic N) is 1. The number of hydrogen-bond donors (Lipinski definition) is 1. The van der Waals surface area contributed by atoms with Gasteiger partial charge in [0.15, 0.2) is 0 Å². The third-order valence-corrected chi connectivity index (χ3v) is 3.73. The summed E-state index contributed by atoms with van der Waals surface area (Å²) in [7, 11) is 0. The molecule has 1 aliphatic rings. The zero-order valence-corrected chi connectivity index (χ0v) is 10.8. The molecule has 1 aromatic rings. The van der Waals surface area contributed by atoms with Gasteiger partial charge < -0.3 is 5.32 Å². The van der Waals surface area contributed by atoms with Gasteiger partial charge in [0.2, 0.25) is 5.91 Å². The second-order valence-electron chi connectivity index (χ2n) is 5.04. The van der Waals surface area contributed by atoms with Crippen molar-refractivity contribution in [2.24, 2.45) is 5.41 Å². The Morgan fingerprint density at radius 2 is 1.84 bits per heavy atom. The van der Waals surface area contributed by atoms with Gasteiger partial charge in [0.25, 0.3) is 0 Å². The van der Waals surface area contributed by atoms with Gasteiger partial charge in [-0.15, -0.1) is 0 Å². The Morgan fingerprint density at radius 1 is 1.21 bits per heavy atom. The first-order valence-corrected chi connectivity index (χ1v) is 6.65. The number of carbonyl (C=O) groups excluding carboxylic acids is 1. The average molecular weight is 260 g/mol. The molecule has 0 spiro atoms. The Hall–Kier alpha value is -1.89. The van der Waals surface area contributed by atoms with Crippen molar-refractivity contribution < 1.29 is 9.18 Å². The number of nitrogens with one attached hydrogen (secondary N) is 1. The number of halogens is 1. The summed E-state index contributed by atoms with van der Waals surface area (Å²) < 4.78 is 13.5. The molecule has 19 heavy (non-hydrogen) atoms. The van der Waals surface area contributed by atoms with E-state index in [0.717, 1.165) is 25.7 Å². The van der Waals surface area contributed by atoms with Crippen LogP contribution < -0.4 is 5.32 Å². The summed E-state index contributed by atoms with van der Waals surface area (Å²) in [6.07, 6.45) is 4.97. The molecule has 1 aromatic carbocycles. The van der Waals surface area contributed by atoms with E-state index in [4.69, 9.17) is 0 Å². The van der Waals surface area contributed by atoms with Crippen LogP contribution in [-0.2, 0) is 4.79 Å². The highest BCUT2D eigenvalue weighted by Gasteiger charge is 2.39. The molecular weight excluding hydrogens is 243 g/mol. The predicted octanol–water partition coefficient (Wildman–Crippen LogP) is 3.63. The second kappa shape index (κ2) is 5.83. The van der Waals surface area contributed by atoms with E-state index < -0.39 is 11.2 Å². The topological polar surface area (TPSA) is 52.9 Å². The molecule has 0 aromatic heterocycles. The molecule has 0 atom stereocenters. The molecule has 1 N–H and O–H groups in total. The molecule has 4 heteroatoms. The summed E-state index contributed by atoms with van der Waals surface area (Å²) in [6.45, 7) is 0. The molecular formula is C15H17FN2O. The molecule has 1 aliphatic carbocycles. The summed E-state index contributed by atoms with van der Waals surface area (Å²) in [5.41, 5.74) is -0.856. The molecule has 0 unspecified atom stereocenters. The average Bonchev–Trinajstić information content (AvgIpc) is 2.67. The molecule has 0 heterocycles. The Kier molecular flexibility index (Phi) is 4.16. The molecule has 0 bridgehead atoms. The maximum atomic E-state index is 13.5. The van der Waals surface area contributed by atoms with Gasteiger partial charge in [-0.2, -0.15) is 5.26 Å². The van der Waals surface area contributed by atoms with Crippen molar-refractivity contribution in [3.05, 3.63) is 30.1 Å². The highest BCUT2D eigenvalue weighted by Crippen LogP contribution is 2.35. The Labute approximate surface area is 112 Å². The minimum Gasteiger partial charge on any atom is -0.322 e. The minimum absolute atomic E-state index is 0.145. The van der Waals surface area contributed by atoms with Crippen LogP contribution in [0.1, 0.15) is 38.5 Å². The van der Waals surface area contributed by atoms with Crippen molar-refractivity contribution in [3.8, 4) is 6.07 Å². The van der Waals surface area contributed by atoms with Gasteiger partial charge in [0, 0.05) is 0 Å². The molecule has 3 nitrogen and oxygen atoms in total. The Morgan fingerprint density at radius 3 is 2.42 bits per heavy atom. The summed E-state index contributed by atoms with van der Waals surface area (Å²) in [6, 6.07) is 8.19. The molecule has 0 aliphatic heterocycles. The van der Waals surface area contributed by atoms with Crippen molar-refractivity contribution in [2.45, 2.75) is 38.5 Å². The lowest BCUT2D eigenvalue weighted by atomic mass is 9.81. The number of rotatable bonds is 2.